The molecule has 0 radical (unpaired) electrons. The summed E-state index contributed by atoms with van der Waals surface area (Å²) in [5, 5.41) is 0. The number of nitrogens with zero attached hydrogens (tertiary/aromatic N) is 1. The Bertz CT molecular complexity index is 347. The molecule has 0 spiro atoms. The molecule has 1 heterocycles. The molecule has 0 bridgehead atoms. The van der Waals surface area contributed by atoms with E-state index in [1.807, 2.05) is 22.9 Å². The van der Waals surface area contributed by atoms with E-state index >= 15 is 0 Å². The second-order valence-electron chi connectivity index (χ2n) is 4.36. The Hall–Kier alpha value is -1.05. The molecule has 1 aliphatic carbocycles. The highest BCUT2D eigenvalue weighted by molar-refractivity contribution is 4.95. The van der Waals surface area contributed by atoms with Crippen molar-refractivity contribution in [2.24, 2.45) is 5.92 Å². The minimum absolute atomic E-state index is 0.145. The Morgan fingerprint density at radius 1 is 1.21 bits per heavy atom. The first-order valence-electron chi connectivity index (χ1n) is 5.44. The van der Waals surface area contributed by atoms with Crippen molar-refractivity contribution in [3.63, 3.8) is 0 Å². The normalized spacial score (nSPS) is 27.5. The van der Waals surface area contributed by atoms with Gasteiger partial charge in [-0.25, -0.2) is 0 Å². The third kappa shape index (κ3) is 1.89. The van der Waals surface area contributed by atoms with Crippen LogP contribution >= 0.6 is 0 Å². The van der Waals surface area contributed by atoms with Crippen LogP contribution in [0.1, 0.15) is 38.6 Å². The van der Waals surface area contributed by atoms with Gasteiger partial charge in [0.1, 0.15) is 0 Å². The maximum Gasteiger partial charge on any atom is 0.250 e. The van der Waals surface area contributed by atoms with E-state index < -0.39 is 0 Å². The molecule has 1 aromatic heterocycles. The van der Waals surface area contributed by atoms with Gasteiger partial charge < -0.3 is 4.57 Å². The van der Waals surface area contributed by atoms with Gasteiger partial charge in [0.05, 0.1) is 0 Å². The highest BCUT2D eigenvalue weighted by Gasteiger charge is 2.19. The van der Waals surface area contributed by atoms with E-state index in [0.29, 0.717) is 6.04 Å². The molecule has 1 aromatic rings. The van der Waals surface area contributed by atoms with Gasteiger partial charge in [-0.2, -0.15) is 0 Å². The number of pyridine rings is 1. The molecule has 0 amide bonds. The maximum atomic E-state index is 11.6. The third-order valence-electron chi connectivity index (χ3n) is 3.23. The van der Waals surface area contributed by atoms with Crippen LogP contribution in [0.2, 0.25) is 0 Å². The zero-order valence-corrected chi connectivity index (χ0v) is 8.65. The summed E-state index contributed by atoms with van der Waals surface area (Å²) in [5.41, 5.74) is 0.145. The van der Waals surface area contributed by atoms with E-state index in [4.69, 9.17) is 0 Å². The van der Waals surface area contributed by atoms with Crippen LogP contribution in [0.15, 0.2) is 29.2 Å². The van der Waals surface area contributed by atoms with Crippen molar-refractivity contribution in [1.29, 1.82) is 0 Å². The van der Waals surface area contributed by atoms with Crippen molar-refractivity contribution in [2.45, 2.75) is 38.6 Å². The zero-order valence-electron chi connectivity index (χ0n) is 8.65. The molecule has 0 aromatic carbocycles. The first kappa shape index (κ1) is 9.50. The summed E-state index contributed by atoms with van der Waals surface area (Å²) in [6.07, 6.45) is 6.75. The lowest BCUT2D eigenvalue weighted by molar-refractivity contribution is 0.285. The highest BCUT2D eigenvalue weighted by Crippen LogP contribution is 2.30. The molecule has 2 heteroatoms. The number of hydrogen-bond acceptors (Lipinski definition) is 1. The van der Waals surface area contributed by atoms with Gasteiger partial charge in [0.25, 0.3) is 5.56 Å². The minimum Gasteiger partial charge on any atom is -0.312 e. The van der Waals surface area contributed by atoms with Crippen LogP contribution in [0.4, 0.5) is 0 Å². The van der Waals surface area contributed by atoms with Crippen molar-refractivity contribution in [1.82, 2.24) is 4.57 Å². The average Bonchev–Trinajstić information content (AvgIpc) is 2.20. The first-order chi connectivity index (χ1) is 6.77. The molecule has 1 saturated carbocycles. The second kappa shape index (κ2) is 3.99. The van der Waals surface area contributed by atoms with Gasteiger partial charge >= 0.3 is 0 Å². The van der Waals surface area contributed by atoms with Crippen molar-refractivity contribution in [3.8, 4) is 0 Å². The van der Waals surface area contributed by atoms with Gasteiger partial charge in [-0.3, -0.25) is 4.79 Å². The lowest BCUT2D eigenvalue weighted by Gasteiger charge is -2.27. The van der Waals surface area contributed by atoms with Crippen LogP contribution in [-0.2, 0) is 0 Å². The van der Waals surface area contributed by atoms with Gasteiger partial charge in [0, 0.05) is 18.3 Å². The fraction of sp³-hybridized carbons (Fsp3) is 0.583. The van der Waals surface area contributed by atoms with E-state index in [9.17, 15) is 4.79 Å². The van der Waals surface area contributed by atoms with Crippen molar-refractivity contribution in [2.75, 3.05) is 0 Å². The molecular formula is C12H17NO. The predicted molar refractivity (Wildman–Crippen MR) is 57.4 cm³/mol. The number of aromatic nitrogens is 1. The van der Waals surface area contributed by atoms with Gasteiger partial charge in [-0.05, 0) is 37.7 Å². The topological polar surface area (TPSA) is 22.0 Å². The minimum atomic E-state index is 0.145. The molecular weight excluding hydrogens is 174 g/mol. The molecule has 1 fully saturated rings. The zero-order chi connectivity index (χ0) is 9.97. The largest absolute Gasteiger partial charge is 0.312 e. The number of rotatable bonds is 1. The van der Waals surface area contributed by atoms with Gasteiger partial charge in [-0.1, -0.05) is 13.0 Å². The fourth-order valence-corrected chi connectivity index (χ4v) is 2.26. The molecule has 76 valence electrons. The van der Waals surface area contributed by atoms with E-state index in [-0.39, 0.29) is 5.56 Å². The molecule has 0 saturated heterocycles. The van der Waals surface area contributed by atoms with E-state index in [1.165, 1.54) is 12.8 Å². The summed E-state index contributed by atoms with van der Waals surface area (Å²) in [7, 11) is 0. The highest BCUT2D eigenvalue weighted by atomic mass is 16.1. The Balaban J connectivity index is 2.16. The van der Waals surface area contributed by atoms with Gasteiger partial charge in [0.2, 0.25) is 0 Å². The number of hydrogen-bond donors (Lipinski definition) is 0. The third-order valence-corrected chi connectivity index (χ3v) is 3.23. The van der Waals surface area contributed by atoms with E-state index in [0.717, 1.165) is 18.8 Å². The summed E-state index contributed by atoms with van der Waals surface area (Å²) in [5.74, 6) is 0.839. The standard InChI is InChI=1S/C12H17NO/c1-10-5-7-11(8-6-10)13-9-3-2-4-12(13)14/h2-4,9-11H,5-8H2,1H3/t10-,11-. The van der Waals surface area contributed by atoms with Crippen LogP contribution in [0.25, 0.3) is 0 Å². The fourth-order valence-electron chi connectivity index (χ4n) is 2.26. The van der Waals surface area contributed by atoms with Crippen LogP contribution < -0.4 is 5.56 Å². The van der Waals surface area contributed by atoms with Crippen LogP contribution in [-0.4, -0.2) is 4.57 Å². The summed E-state index contributed by atoms with van der Waals surface area (Å²) >= 11 is 0. The summed E-state index contributed by atoms with van der Waals surface area (Å²) in [4.78, 5) is 11.6. The summed E-state index contributed by atoms with van der Waals surface area (Å²) in [6, 6.07) is 5.85. The smallest absolute Gasteiger partial charge is 0.250 e. The average molecular weight is 191 g/mol. The molecule has 2 nitrogen and oxygen atoms in total. The summed E-state index contributed by atoms with van der Waals surface area (Å²) in [6.45, 7) is 2.30. The van der Waals surface area contributed by atoms with E-state index in [2.05, 4.69) is 6.92 Å². The van der Waals surface area contributed by atoms with Crippen LogP contribution in [0.5, 0.6) is 0 Å². The Labute approximate surface area is 84.6 Å². The molecule has 2 rings (SSSR count). The maximum absolute atomic E-state index is 11.6. The molecule has 0 unspecified atom stereocenters. The summed E-state index contributed by atoms with van der Waals surface area (Å²) < 4.78 is 1.89. The Morgan fingerprint density at radius 3 is 2.57 bits per heavy atom. The molecule has 1 aliphatic rings. The lowest BCUT2D eigenvalue weighted by Crippen LogP contribution is -2.26. The predicted octanol–water partition coefficient (Wildman–Crippen LogP) is 2.60. The van der Waals surface area contributed by atoms with Gasteiger partial charge in [0.15, 0.2) is 0 Å². The Morgan fingerprint density at radius 2 is 1.93 bits per heavy atom. The van der Waals surface area contributed by atoms with Crippen molar-refractivity contribution in [3.05, 3.63) is 34.7 Å². The van der Waals surface area contributed by atoms with Crippen molar-refractivity contribution >= 4 is 0 Å². The van der Waals surface area contributed by atoms with Crippen LogP contribution in [0, 0.1) is 5.92 Å². The first-order valence-corrected chi connectivity index (χ1v) is 5.44. The van der Waals surface area contributed by atoms with Gasteiger partial charge in [-0.15, -0.1) is 0 Å². The van der Waals surface area contributed by atoms with E-state index in [1.54, 1.807) is 6.07 Å². The molecule has 0 atom stereocenters. The second-order valence-corrected chi connectivity index (χ2v) is 4.36. The SMILES string of the molecule is C[C@H]1CC[C@H](n2ccccc2=O)CC1. The molecule has 14 heavy (non-hydrogen) atoms. The lowest BCUT2D eigenvalue weighted by atomic mass is 9.87. The quantitative estimate of drug-likeness (QED) is 0.668. The van der Waals surface area contributed by atoms with Crippen LogP contribution in [0.3, 0.4) is 0 Å². The molecule has 0 N–H and O–H groups in total. The Kier molecular flexibility index (Phi) is 2.71. The molecule has 0 aliphatic heterocycles. The monoisotopic (exact) mass is 191 g/mol. The van der Waals surface area contributed by atoms with Crippen molar-refractivity contribution < 1.29 is 0 Å².